The normalized spacial score (nSPS) is 16.1. The fraction of sp³-hybridized carbons (Fsp3) is 0.300. The molecule has 0 fully saturated rings. The highest BCUT2D eigenvalue weighted by atomic mass is 14.9. The average molecular weight is 407 g/mol. The molecule has 156 valence electrons. The molecule has 5 rings (SSSR count). The molecule has 0 saturated carbocycles. The van der Waals surface area contributed by atoms with Crippen LogP contribution < -0.4 is 4.57 Å². The third-order valence-corrected chi connectivity index (χ3v) is 8.01. The lowest BCUT2D eigenvalue weighted by Crippen LogP contribution is -2.44. The summed E-state index contributed by atoms with van der Waals surface area (Å²) in [4.78, 5) is 0. The minimum Gasteiger partial charge on any atom is -0.201 e. The molecule has 1 aliphatic rings. The van der Waals surface area contributed by atoms with Crippen molar-refractivity contribution in [2.24, 2.45) is 7.05 Å². The third kappa shape index (κ3) is 2.65. The van der Waals surface area contributed by atoms with Crippen molar-refractivity contribution in [3.05, 3.63) is 89.1 Å². The summed E-state index contributed by atoms with van der Waals surface area (Å²) in [7, 11) is 2.17. The summed E-state index contributed by atoms with van der Waals surface area (Å²) < 4.78 is 2.29. The maximum atomic E-state index is 2.43. The number of hydrogen-bond acceptors (Lipinski definition) is 0. The molecule has 0 radical (unpaired) electrons. The zero-order valence-corrected chi connectivity index (χ0v) is 19.8. The number of benzene rings is 3. The smallest absolute Gasteiger partial charge is 0.201 e. The highest BCUT2D eigenvalue weighted by molar-refractivity contribution is 6.02. The summed E-state index contributed by atoms with van der Waals surface area (Å²) in [5.41, 5.74) is 11.0. The Balaban J connectivity index is 1.98. The summed E-state index contributed by atoms with van der Waals surface area (Å²) in [5.74, 6) is 0. The van der Waals surface area contributed by atoms with E-state index in [1.807, 2.05) is 0 Å². The number of rotatable bonds is 1. The molecule has 3 aromatic carbocycles. The van der Waals surface area contributed by atoms with Crippen molar-refractivity contribution in [2.45, 2.75) is 52.4 Å². The van der Waals surface area contributed by atoms with Gasteiger partial charge >= 0.3 is 0 Å². The molecule has 4 aromatic rings. The molecule has 0 N–H and O–H groups in total. The monoisotopic (exact) mass is 406 g/mol. The molecule has 0 spiro atoms. The number of pyridine rings is 1. The lowest BCUT2D eigenvalue weighted by atomic mass is 9.54. The average Bonchev–Trinajstić information content (AvgIpc) is 2.72. The zero-order valence-electron chi connectivity index (χ0n) is 19.8. The fourth-order valence-electron chi connectivity index (χ4n) is 5.63. The lowest BCUT2D eigenvalue weighted by Gasteiger charge is -2.49. The summed E-state index contributed by atoms with van der Waals surface area (Å²) in [5, 5.41) is 2.67. The van der Waals surface area contributed by atoms with Crippen LogP contribution in [-0.4, -0.2) is 0 Å². The van der Waals surface area contributed by atoms with Crippen molar-refractivity contribution in [3.8, 4) is 22.4 Å². The second kappa shape index (κ2) is 6.53. The van der Waals surface area contributed by atoms with Gasteiger partial charge in [0.1, 0.15) is 7.05 Å². The Morgan fingerprint density at radius 3 is 2.19 bits per heavy atom. The maximum Gasteiger partial charge on any atom is 0.212 e. The van der Waals surface area contributed by atoms with E-state index in [9.17, 15) is 0 Å². The molecule has 0 atom stereocenters. The quantitative estimate of drug-likeness (QED) is 0.295. The highest BCUT2D eigenvalue weighted by Gasteiger charge is 2.48. The van der Waals surface area contributed by atoms with Crippen molar-refractivity contribution in [2.75, 3.05) is 0 Å². The number of nitrogens with zero attached hydrogens (tertiary/aromatic N) is 1. The van der Waals surface area contributed by atoms with Gasteiger partial charge in [-0.15, -0.1) is 0 Å². The predicted molar refractivity (Wildman–Crippen MR) is 132 cm³/mol. The van der Waals surface area contributed by atoms with E-state index in [0.29, 0.717) is 0 Å². The second-order valence-corrected chi connectivity index (χ2v) is 10.3. The molecule has 0 amide bonds. The van der Waals surface area contributed by atoms with Crippen LogP contribution in [0.3, 0.4) is 0 Å². The van der Waals surface area contributed by atoms with Crippen LogP contribution in [0.5, 0.6) is 0 Å². The van der Waals surface area contributed by atoms with Crippen LogP contribution in [0.25, 0.3) is 33.2 Å². The van der Waals surface area contributed by atoms with E-state index in [-0.39, 0.29) is 10.8 Å². The Labute approximate surface area is 186 Å². The summed E-state index contributed by atoms with van der Waals surface area (Å²) in [6, 6.07) is 22.7. The first kappa shape index (κ1) is 20.0. The van der Waals surface area contributed by atoms with E-state index in [4.69, 9.17) is 0 Å². The van der Waals surface area contributed by atoms with Gasteiger partial charge in [0, 0.05) is 17.0 Å². The largest absolute Gasteiger partial charge is 0.212 e. The highest BCUT2D eigenvalue weighted by Crippen LogP contribution is 2.57. The molecule has 0 bridgehead atoms. The van der Waals surface area contributed by atoms with Crippen molar-refractivity contribution >= 4 is 10.8 Å². The van der Waals surface area contributed by atoms with Crippen LogP contribution in [0.15, 0.2) is 66.9 Å². The van der Waals surface area contributed by atoms with Gasteiger partial charge in [-0.3, -0.25) is 0 Å². The Morgan fingerprint density at radius 1 is 0.710 bits per heavy atom. The molecule has 0 saturated heterocycles. The fourth-order valence-corrected chi connectivity index (χ4v) is 5.63. The van der Waals surface area contributed by atoms with Gasteiger partial charge in [0.15, 0.2) is 6.20 Å². The SMILES string of the molecule is Cc1ccc(-c2c(C)ccc3c2C(C)(C)C(C)(C)c2ccc4ccccc4c2-3)[n+](C)c1. The van der Waals surface area contributed by atoms with Crippen molar-refractivity contribution < 1.29 is 4.57 Å². The molecular formula is C30H32N+. The van der Waals surface area contributed by atoms with E-state index in [1.54, 1.807) is 0 Å². The first-order chi connectivity index (χ1) is 14.6. The van der Waals surface area contributed by atoms with E-state index in [1.165, 1.54) is 55.4 Å². The van der Waals surface area contributed by atoms with Crippen LogP contribution in [0, 0.1) is 13.8 Å². The van der Waals surface area contributed by atoms with Gasteiger partial charge in [-0.05, 0) is 63.9 Å². The van der Waals surface area contributed by atoms with E-state index in [2.05, 4.69) is 120 Å². The molecular weight excluding hydrogens is 374 g/mol. The van der Waals surface area contributed by atoms with Gasteiger partial charge in [-0.2, -0.15) is 0 Å². The van der Waals surface area contributed by atoms with Gasteiger partial charge in [-0.1, -0.05) is 76.2 Å². The van der Waals surface area contributed by atoms with E-state index < -0.39 is 0 Å². The van der Waals surface area contributed by atoms with Crippen molar-refractivity contribution in [3.63, 3.8) is 0 Å². The summed E-state index contributed by atoms with van der Waals surface area (Å²) in [6.45, 7) is 14.1. The van der Waals surface area contributed by atoms with Crippen LogP contribution >= 0.6 is 0 Å². The number of aromatic nitrogens is 1. The Kier molecular flexibility index (Phi) is 4.21. The third-order valence-electron chi connectivity index (χ3n) is 8.01. The molecule has 1 aliphatic carbocycles. The maximum absolute atomic E-state index is 2.43. The Morgan fingerprint density at radius 2 is 1.45 bits per heavy atom. The topological polar surface area (TPSA) is 3.88 Å². The molecule has 1 nitrogen and oxygen atoms in total. The molecule has 31 heavy (non-hydrogen) atoms. The Hall–Kier alpha value is -2.93. The van der Waals surface area contributed by atoms with E-state index in [0.717, 1.165) is 0 Å². The lowest BCUT2D eigenvalue weighted by molar-refractivity contribution is -0.660. The van der Waals surface area contributed by atoms with E-state index >= 15 is 0 Å². The number of fused-ring (bicyclic) bond motifs is 5. The van der Waals surface area contributed by atoms with Crippen molar-refractivity contribution in [1.82, 2.24) is 0 Å². The first-order valence-electron chi connectivity index (χ1n) is 11.3. The minimum absolute atomic E-state index is 0.00875. The van der Waals surface area contributed by atoms with Gasteiger partial charge < -0.3 is 0 Å². The van der Waals surface area contributed by atoms with Crippen molar-refractivity contribution in [1.29, 1.82) is 0 Å². The van der Waals surface area contributed by atoms with Crippen LogP contribution in [0.4, 0.5) is 0 Å². The zero-order chi connectivity index (χ0) is 22.1. The molecule has 1 aromatic heterocycles. The van der Waals surface area contributed by atoms with Gasteiger partial charge in [0.25, 0.3) is 0 Å². The van der Waals surface area contributed by atoms with Crippen LogP contribution in [-0.2, 0) is 17.9 Å². The predicted octanol–water partition coefficient (Wildman–Crippen LogP) is 7.18. The van der Waals surface area contributed by atoms with Gasteiger partial charge in [-0.25, -0.2) is 4.57 Å². The van der Waals surface area contributed by atoms with Gasteiger partial charge in [0.2, 0.25) is 5.69 Å². The van der Waals surface area contributed by atoms with Crippen LogP contribution in [0.2, 0.25) is 0 Å². The molecule has 1 heteroatoms. The second-order valence-electron chi connectivity index (χ2n) is 10.3. The molecule has 0 aliphatic heterocycles. The van der Waals surface area contributed by atoms with Gasteiger partial charge in [0.05, 0.1) is 5.56 Å². The number of hydrogen-bond donors (Lipinski definition) is 0. The standard InChI is InChI=1S/C30H32N/c1-19-12-17-25(31(7)18-19)26-20(2)13-15-23-27-22-11-9-8-10-21(22)14-16-24(27)29(3,4)30(5,6)28(23)26/h8-18H,1-7H3/q+1. The van der Waals surface area contributed by atoms with Crippen LogP contribution in [0.1, 0.15) is 49.9 Å². The summed E-state index contributed by atoms with van der Waals surface area (Å²) >= 11 is 0. The number of aryl methyl sites for hydroxylation is 3. The Bertz CT molecular complexity index is 1350. The summed E-state index contributed by atoms with van der Waals surface area (Å²) in [6.07, 6.45) is 2.23. The molecule has 1 heterocycles. The minimum atomic E-state index is -0.0307. The first-order valence-corrected chi connectivity index (χ1v) is 11.3. The molecule has 0 unspecified atom stereocenters.